The van der Waals surface area contributed by atoms with Crippen LogP contribution in [-0.2, 0) is 14.2 Å². The third-order valence-electron chi connectivity index (χ3n) is 3.24. The van der Waals surface area contributed by atoms with Crippen LogP contribution in [0.25, 0.3) is 0 Å². The molecule has 0 aliphatic carbocycles. The molecule has 3 aliphatic heterocycles. The molecular formula is C12H20I3O3-3. The SMILES string of the molecule is CC(C)(C)C1COC23OCC[I-]C2([I-]CCO3)[I-]1. The van der Waals surface area contributed by atoms with Gasteiger partial charge in [0.2, 0.25) is 0 Å². The molecule has 3 saturated heterocycles. The van der Waals surface area contributed by atoms with Crippen LogP contribution in [-0.4, -0.2) is 38.0 Å². The minimum absolute atomic E-state index is 0.129. The van der Waals surface area contributed by atoms with Crippen LogP contribution < -0.4 is 63.6 Å². The molecule has 0 aromatic heterocycles. The summed E-state index contributed by atoms with van der Waals surface area (Å²) in [4.78, 5) is 0. The van der Waals surface area contributed by atoms with Gasteiger partial charge in [0.05, 0.1) is 0 Å². The number of alkyl halides is 6. The molecule has 3 heterocycles. The number of ether oxygens (including phenoxy) is 3. The van der Waals surface area contributed by atoms with E-state index in [0.29, 0.717) is 4.85 Å². The van der Waals surface area contributed by atoms with E-state index in [-0.39, 0.29) is 63.6 Å². The van der Waals surface area contributed by atoms with E-state index >= 15 is 0 Å². The van der Waals surface area contributed by atoms with Gasteiger partial charge in [-0.2, -0.15) is 0 Å². The van der Waals surface area contributed by atoms with Crippen molar-refractivity contribution < 1.29 is 77.8 Å². The van der Waals surface area contributed by atoms with E-state index in [1.54, 1.807) is 0 Å². The molecule has 0 radical (unpaired) electrons. The molecule has 6 heteroatoms. The zero-order chi connectivity index (χ0) is 12.9. The summed E-state index contributed by atoms with van der Waals surface area (Å²) >= 11 is 0.548. The van der Waals surface area contributed by atoms with E-state index in [1.807, 2.05) is 0 Å². The molecule has 3 fully saturated rings. The van der Waals surface area contributed by atoms with E-state index in [9.17, 15) is 0 Å². The Bertz CT molecular complexity index is 317. The van der Waals surface area contributed by atoms with Gasteiger partial charge in [-0.15, -0.1) is 0 Å². The van der Waals surface area contributed by atoms with E-state index in [0.717, 1.165) is 23.7 Å². The van der Waals surface area contributed by atoms with Gasteiger partial charge in [-0.25, -0.2) is 0 Å². The number of hydrogen-bond donors (Lipinski definition) is 0. The van der Waals surface area contributed by atoms with Crippen molar-refractivity contribution in [1.82, 2.24) is 0 Å². The molecule has 0 N–H and O–H groups in total. The van der Waals surface area contributed by atoms with Crippen molar-refractivity contribution in [2.24, 2.45) is 5.41 Å². The van der Waals surface area contributed by atoms with Crippen LogP contribution in [0.3, 0.4) is 0 Å². The van der Waals surface area contributed by atoms with Crippen LogP contribution in [0, 0.1) is 5.41 Å². The summed E-state index contributed by atoms with van der Waals surface area (Å²) in [5, 5.41) is 0. The molecule has 110 valence electrons. The Morgan fingerprint density at radius 1 is 1.00 bits per heavy atom. The molecule has 0 aromatic carbocycles. The Morgan fingerprint density at radius 3 is 2.17 bits per heavy atom. The summed E-state index contributed by atoms with van der Waals surface area (Å²) in [5.41, 5.74) is 0.385. The third kappa shape index (κ3) is 2.48. The van der Waals surface area contributed by atoms with Gasteiger partial charge in [-0.1, -0.05) is 0 Å². The summed E-state index contributed by atoms with van der Waals surface area (Å²) in [6.07, 6.45) is 0. The fourth-order valence-electron chi connectivity index (χ4n) is 2.15. The zero-order valence-corrected chi connectivity index (χ0v) is 17.4. The summed E-state index contributed by atoms with van der Waals surface area (Å²) in [7, 11) is 0. The van der Waals surface area contributed by atoms with Crippen LogP contribution >= 0.6 is 0 Å². The Kier molecular flexibility index (Phi) is 4.47. The molecule has 3 aliphatic rings. The average Bonchev–Trinajstić information content (AvgIpc) is 2.35. The Morgan fingerprint density at radius 2 is 1.61 bits per heavy atom. The van der Waals surface area contributed by atoms with E-state index in [2.05, 4.69) is 20.8 Å². The summed E-state index contributed by atoms with van der Waals surface area (Å²) < 4.78 is 22.2. The van der Waals surface area contributed by atoms with Gasteiger partial charge in [-0.3, -0.25) is 0 Å². The molecule has 0 saturated carbocycles. The first-order chi connectivity index (χ1) is 8.48. The van der Waals surface area contributed by atoms with Crippen molar-refractivity contribution in [3.8, 4) is 0 Å². The number of halogens is 3. The first-order valence-corrected chi connectivity index (χ1v) is 13.8. The van der Waals surface area contributed by atoms with Crippen LogP contribution in [0.1, 0.15) is 20.8 Å². The number of rotatable bonds is 0. The standard InChI is InChI=1S/C12H20I3O3/c1-10(2,3)9-8-18-12-11(15-9,13-4-6-16-12)14-5-7-17-12/h9H,4-8H2,1-3H3/q-3. The van der Waals surface area contributed by atoms with Gasteiger partial charge in [0, 0.05) is 0 Å². The molecule has 1 atom stereocenters. The fourth-order valence-corrected chi connectivity index (χ4v) is 22.8. The molecule has 0 bridgehead atoms. The summed E-state index contributed by atoms with van der Waals surface area (Å²) in [6, 6.07) is 0. The maximum absolute atomic E-state index is 6.24. The molecule has 0 spiro atoms. The van der Waals surface area contributed by atoms with Crippen molar-refractivity contribution >= 4 is 0 Å². The van der Waals surface area contributed by atoms with Gasteiger partial charge >= 0.3 is 142 Å². The quantitative estimate of drug-likeness (QED) is 0.207. The van der Waals surface area contributed by atoms with Crippen LogP contribution in [0.5, 0.6) is 0 Å². The molecule has 1 unspecified atom stereocenters. The predicted molar refractivity (Wildman–Crippen MR) is 56.3 cm³/mol. The average molecular weight is 593 g/mol. The van der Waals surface area contributed by atoms with Crippen molar-refractivity contribution in [3.63, 3.8) is 0 Å². The van der Waals surface area contributed by atoms with Gasteiger partial charge in [0.15, 0.2) is 0 Å². The Labute approximate surface area is 140 Å². The van der Waals surface area contributed by atoms with Gasteiger partial charge in [0.1, 0.15) is 0 Å². The van der Waals surface area contributed by atoms with Crippen molar-refractivity contribution in [2.75, 3.05) is 28.7 Å². The second-order valence-electron chi connectivity index (χ2n) is 5.65. The number of hydrogen-bond acceptors (Lipinski definition) is 3. The van der Waals surface area contributed by atoms with E-state index in [4.69, 9.17) is 14.2 Å². The minimum atomic E-state index is -0.556. The van der Waals surface area contributed by atoms with Crippen LogP contribution in [0.2, 0.25) is 0 Å². The second kappa shape index (κ2) is 5.36. The normalized spacial score (nSPS) is 46.5. The fraction of sp³-hybridized carbons (Fsp3) is 1.00. The van der Waals surface area contributed by atoms with Gasteiger partial charge in [-0.05, 0) is 0 Å². The van der Waals surface area contributed by atoms with Crippen molar-refractivity contribution in [2.45, 2.75) is 30.1 Å². The van der Waals surface area contributed by atoms with Crippen LogP contribution in [0.4, 0.5) is 0 Å². The van der Waals surface area contributed by atoms with Gasteiger partial charge in [0.25, 0.3) is 0 Å². The zero-order valence-electron chi connectivity index (χ0n) is 11.0. The molecule has 3 rings (SSSR count). The third-order valence-corrected chi connectivity index (χ3v) is 23.8. The van der Waals surface area contributed by atoms with E-state index < -0.39 is 5.97 Å². The summed E-state index contributed by atoms with van der Waals surface area (Å²) in [5.74, 6) is -0.556. The molecule has 3 nitrogen and oxygen atoms in total. The maximum atomic E-state index is 6.24. The van der Waals surface area contributed by atoms with Crippen LogP contribution in [0.15, 0.2) is 0 Å². The van der Waals surface area contributed by atoms with Crippen molar-refractivity contribution in [1.29, 1.82) is 0 Å². The predicted octanol–water partition coefficient (Wildman–Crippen LogP) is -7.93. The molecule has 0 amide bonds. The Hall–Kier alpha value is 2.07. The molecular weight excluding hydrogens is 573 g/mol. The molecule has 18 heavy (non-hydrogen) atoms. The summed E-state index contributed by atoms with van der Waals surface area (Å²) in [6.45, 7) is 9.69. The first-order valence-electron chi connectivity index (χ1n) is 6.25. The second-order valence-corrected chi connectivity index (χ2v) is 22.5. The monoisotopic (exact) mass is 593 g/mol. The van der Waals surface area contributed by atoms with E-state index in [1.165, 1.54) is 8.86 Å². The Balaban J connectivity index is 1.89. The molecule has 0 aromatic rings. The topological polar surface area (TPSA) is 27.7 Å². The van der Waals surface area contributed by atoms with Crippen molar-refractivity contribution in [3.05, 3.63) is 0 Å². The first kappa shape index (κ1) is 15.0. The van der Waals surface area contributed by atoms with Gasteiger partial charge < -0.3 is 0 Å².